The van der Waals surface area contributed by atoms with Crippen molar-refractivity contribution in [3.8, 4) is 5.75 Å². The number of carbonyl (C=O) groups excluding carboxylic acids is 2. The molecule has 1 fully saturated rings. The van der Waals surface area contributed by atoms with E-state index in [2.05, 4.69) is 10.3 Å². The van der Waals surface area contributed by atoms with Crippen LogP contribution < -0.4 is 15.0 Å². The van der Waals surface area contributed by atoms with Crippen LogP contribution in [-0.4, -0.2) is 30.3 Å². The van der Waals surface area contributed by atoms with Gasteiger partial charge in [0.25, 0.3) is 5.91 Å². The Labute approximate surface area is 156 Å². The van der Waals surface area contributed by atoms with Crippen molar-refractivity contribution in [2.24, 2.45) is 10.9 Å². The van der Waals surface area contributed by atoms with E-state index in [0.717, 1.165) is 5.56 Å². The molecule has 0 aromatic heterocycles. The fourth-order valence-corrected chi connectivity index (χ4v) is 2.85. The second-order valence-corrected chi connectivity index (χ2v) is 6.12. The van der Waals surface area contributed by atoms with Gasteiger partial charge in [-0.25, -0.2) is 0 Å². The number of methoxy groups -OCH3 is 1. The van der Waals surface area contributed by atoms with Gasteiger partial charge in [0.05, 0.1) is 12.8 Å². The van der Waals surface area contributed by atoms with Gasteiger partial charge in [-0.05, 0) is 43.4 Å². The number of aryl methyl sites for hydroxylation is 1. The lowest BCUT2D eigenvalue weighted by Crippen LogP contribution is -2.58. The third kappa shape index (κ3) is 3.48. The fourth-order valence-electron chi connectivity index (χ4n) is 2.55. The molecule has 0 spiro atoms. The highest BCUT2D eigenvalue weighted by atomic mass is 32.1. The number of thiocarbonyl (C=S) groups is 1. The Hall–Kier alpha value is -3.06. The molecule has 7 heteroatoms. The first-order valence-electron chi connectivity index (χ1n) is 7.94. The quantitative estimate of drug-likeness (QED) is 0.512. The highest BCUT2D eigenvalue weighted by molar-refractivity contribution is 7.80. The topological polar surface area (TPSA) is 71.0 Å². The molecule has 1 N–H and O–H groups in total. The summed E-state index contributed by atoms with van der Waals surface area (Å²) in [6.45, 7) is 1.95. The summed E-state index contributed by atoms with van der Waals surface area (Å²) in [6, 6.07) is 14.4. The molecule has 1 saturated heterocycles. The minimum atomic E-state index is -1.08. The maximum Gasteiger partial charge on any atom is 0.251 e. The molecule has 0 aliphatic carbocycles. The molecular formula is C19H17N3O3S. The largest absolute Gasteiger partial charge is 0.494 e. The van der Waals surface area contributed by atoms with Crippen molar-refractivity contribution in [1.82, 2.24) is 5.32 Å². The second kappa shape index (κ2) is 7.45. The van der Waals surface area contributed by atoms with Gasteiger partial charge >= 0.3 is 0 Å². The maximum absolute atomic E-state index is 12.9. The summed E-state index contributed by atoms with van der Waals surface area (Å²) in [5.74, 6) is -1.46. The van der Waals surface area contributed by atoms with E-state index in [4.69, 9.17) is 17.0 Å². The van der Waals surface area contributed by atoms with E-state index in [-0.39, 0.29) is 5.11 Å². The van der Waals surface area contributed by atoms with Crippen molar-refractivity contribution < 1.29 is 14.3 Å². The van der Waals surface area contributed by atoms with Gasteiger partial charge < -0.3 is 10.1 Å². The minimum absolute atomic E-state index is 0.0609. The third-order valence-electron chi connectivity index (χ3n) is 3.94. The summed E-state index contributed by atoms with van der Waals surface area (Å²) >= 11 is 5.17. The molecule has 1 aliphatic heterocycles. The van der Waals surface area contributed by atoms with Crippen LogP contribution in [0.25, 0.3) is 0 Å². The fraction of sp³-hybridized carbons (Fsp3) is 0.158. The molecule has 1 heterocycles. The van der Waals surface area contributed by atoms with Crippen LogP contribution >= 0.6 is 12.2 Å². The maximum atomic E-state index is 12.9. The molecule has 2 amide bonds. The molecule has 3 rings (SSSR count). The van der Waals surface area contributed by atoms with E-state index in [1.807, 2.05) is 25.1 Å². The molecule has 0 unspecified atom stereocenters. The van der Waals surface area contributed by atoms with E-state index in [0.29, 0.717) is 17.1 Å². The Kier molecular flexibility index (Phi) is 5.09. The number of hydrogen-bond acceptors (Lipinski definition) is 5. The molecular weight excluding hydrogens is 350 g/mol. The average molecular weight is 367 g/mol. The van der Waals surface area contributed by atoms with E-state index in [1.54, 1.807) is 30.3 Å². The number of para-hydroxylation sites is 2. The highest BCUT2D eigenvalue weighted by Gasteiger charge is 2.38. The molecule has 2 aromatic carbocycles. The Morgan fingerprint density at radius 3 is 2.54 bits per heavy atom. The van der Waals surface area contributed by atoms with E-state index < -0.39 is 17.7 Å². The number of ether oxygens (including phenoxy) is 1. The van der Waals surface area contributed by atoms with Crippen LogP contribution in [-0.2, 0) is 9.59 Å². The monoisotopic (exact) mass is 367 g/mol. The highest BCUT2D eigenvalue weighted by Crippen LogP contribution is 2.27. The molecule has 132 valence electrons. The number of benzene rings is 2. The van der Waals surface area contributed by atoms with Crippen molar-refractivity contribution in [3.05, 3.63) is 54.1 Å². The Balaban J connectivity index is 1.90. The molecule has 26 heavy (non-hydrogen) atoms. The molecule has 0 saturated carbocycles. The zero-order valence-electron chi connectivity index (χ0n) is 14.3. The molecule has 1 atom stereocenters. The van der Waals surface area contributed by atoms with Gasteiger partial charge in [-0.15, -0.1) is 0 Å². The number of anilines is 1. The van der Waals surface area contributed by atoms with Crippen molar-refractivity contribution in [3.63, 3.8) is 0 Å². The zero-order valence-corrected chi connectivity index (χ0v) is 15.1. The molecule has 0 bridgehead atoms. The van der Waals surface area contributed by atoms with Gasteiger partial charge in [-0.2, -0.15) is 0 Å². The van der Waals surface area contributed by atoms with Gasteiger partial charge in [0.1, 0.15) is 11.4 Å². The van der Waals surface area contributed by atoms with Crippen LogP contribution in [0.1, 0.15) is 5.56 Å². The minimum Gasteiger partial charge on any atom is -0.494 e. The molecule has 1 aliphatic rings. The van der Waals surface area contributed by atoms with Crippen molar-refractivity contribution >= 4 is 46.7 Å². The Morgan fingerprint density at radius 2 is 1.85 bits per heavy atom. The molecule has 2 aromatic rings. The average Bonchev–Trinajstić information content (AvgIpc) is 2.63. The summed E-state index contributed by atoms with van der Waals surface area (Å²) in [5, 5.41) is 2.62. The predicted octanol–water partition coefficient (Wildman–Crippen LogP) is 2.77. The van der Waals surface area contributed by atoms with Crippen LogP contribution in [0.2, 0.25) is 0 Å². The molecule has 0 radical (unpaired) electrons. The first-order valence-corrected chi connectivity index (χ1v) is 8.35. The number of carbonyl (C=O) groups is 2. The summed E-state index contributed by atoms with van der Waals surface area (Å²) in [4.78, 5) is 30.7. The van der Waals surface area contributed by atoms with Gasteiger partial charge in [0, 0.05) is 6.21 Å². The van der Waals surface area contributed by atoms with Gasteiger partial charge in [0.2, 0.25) is 5.91 Å². The lowest BCUT2D eigenvalue weighted by molar-refractivity contribution is -0.130. The van der Waals surface area contributed by atoms with E-state index >= 15 is 0 Å². The van der Waals surface area contributed by atoms with Crippen molar-refractivity contribution in [1.29, 1.82) is 0 Å². The summed E-state index contributed by atoms with van der Waals surface area (Å²) in [6.07, 6.45) is 1.32. The SMILES string of the molecule is COc1ccccc1N=C[C@H]1C(=O)NC(=S)N(c2ccc(C)cc2)C1=O. The number of nitrogens with one attached hydrogen (secondary N) is 1. The number of amides is 2. The third-order valence-corrected chi connectivity index (χ3v) is 4.23. The van der Waals surface area contributed by atoms with Crippen LogP contribution in [0.5, 0.6) is 5.75 Å². The number of nitrogens with zero attached hydrogens (tertiary/aromatic N) is 2. The number of aliphatic imine (C=N–C) groups is 1. The van der Waals surface area contributed by atoms with E-state index in [9.17, 15) is 9.59 Å². The number of rotatable bonds is 4. The van der Waals surface area contributed by atoms with Crippen molar-refractivity contribution in [2.45, 2.75) is 6.92 Å². The van der Waals surface area contributed by atoms with Crippen molar-refractivity contribution in [2.75, 3.05) is 12.0 Å². The standard InChI is InChI=1S/C19H17N3O3S/c1-12-7-9-13(10-8-12)22-18(24)14(17(23)21-19(22)26)11-20-15-5-3-4-6-16(15)25-2/h3-11,14H,1-2H3,(H,21,23,26)/t14-/m0/s1. The van der Waals surface area contributed by atoms with Gasteiger partial charge in [-0.3, -0.25) is 19.5 Å². The molecule has 6 nitrogen and oxygen atoms in total. The predicted molar refractivity (Wildman–Crippen MR) is 104 cm³/mol. The second-order valence-electron chi connectivity index (χ2n) is 5.73. The smallest absolute Gasteiger partial charge is 0.251 e. The number of hydrogen-bond donors (Lipinski definition) is 1. The zero-order chi connectivity index (χ0) is 18.7. The Morgan fingerprint density at radius 1 is 1.15 bits per heavy atom. The summed E-state index contributed by atoms with van der Waals surface area (Å²) < 4.78 is 5.23. The summed E-state index contributed by atoms with van der Waals surface area (Å²) in [5.41, 5.74) is 2.19. The lowest BCUT2D eigenvalue weighted by Gasteiger charge is -2.31. The first-order chi connectivity index (χ1) is 12.5. The van der Waals surface area contributed by atoms with Crippen LogP contribution in [0, 0.1) is 12.8 Å². The first kappa shape index (κ1) is 17.8. The summed E-state index contributed by atoms with van der Waals surface area (Å²) in [7, 11) is 1.53. The Bertz CT molecular complexity index is 893. The van der Waals surface area contributed by atoms with Crippen LogP contribution in [0.4, 0.5) is 11.4 Å². The normalized spacial score (nSPS) is 17.5. The lowest BCUT2D eigenvalue weighted by atomic mass is 10.1. The van der Waals surface area contributed by atoms with Gasteiger partial charge in [0.15, 0.2) is 11.0 Å². The van der Waals surface area contributed by atoms with Gasteiger partial charge in [-0.1, -0.05) is 29.8 Å². The van der Waals surface area contributed by atoms with Crippen LogP contribution in [0.15, 0.2) is 53.5 Å². The van der Waals surface area contributed by atoms with Crippen LogP contribution in [0.3, 0.4) is 0 Å². The van der Waals surface area contributed by atoms with E-state index in [1.165, 1.54) is 18.2 Å².